The summed E-state index contributed by atoms with van der Waals surface area (Å²) in [5.41, 5.74) is 1.20. The molecule has 4 heteroatoms. The number of benzene rings is 2. The second kappa shape index (κ2) is 7.56. The molecule has 0 bridgehead atoms. The number of thiophene rings is 1. The van der Waals surface area contributed by atoms with Gasteiger partial charge in [0.05, 0.1) is 5.92 Å². The topological polar surface area (TPSA) is 34.1 Å². The van der Waals surface area contributed by atoms with Crippen LogP contribution < -0.4 is 0 Å². The van der Waals surface area contributed by atoms with Gasteiger partial charge in [-0.2, -0.15) is 0 Å². The Morgan fingerprint density at radius 2 is 1.58 bits per heavy atom. The van der Waals surface area contributed by atoms with Crippen molar-refractivity contribution in [2.75, 3.05) is 0 Å². The van der Waals surface area contributed by atoms with Crippen LogP contribution in [0.4, 0.5) is 0 Å². The summed E-state index contributed by atoms with van der Waals surface area (Å²) in [6, 6.07) is 19.7. The number of carbonyl (C=O) groups excluding carboxylic acids is 2. The fourth-order valence-corrected chi connectivity index (χ4v) is 3.51. The first-order valence-corrected chi connectivity index (χ1v) is 8.82. The van der Waals surface area contributed by atoms with Crippen LogP contribution in [0.15, 0.2) is 72.1 Å². The van der Waals surface area contributed by atoms with Crippen molar-refractivity contribution in [3.63, 3.8) is 0 Å². The smallest absolute Gasteiger partial charge is 0.171 e. The summed E-state index contributed by atoms with van der Waals surface area (Å²) in [5.74, 6) is -0.551. The molecule has 3 rings (SSSR count). The van der Waals surface area contributed by atoms with Gasteiger partial charge >= 0.3 is 0 Å². The maximum absolute atomic E-state index is 12.9. The Kier molecular flexibility index (Phi) is 5.24. The van der Waals surface area contributed by atoms with Gasteiger partial charge in [0.15, 0.2) is 11.6 Å². The van der Waals surface area contributed by atoms with Crippen LogP contribution >= 0.6 is 22.9 Å². The highest BCUT2D eigenvalue weighted by atomic mass is 35.5. The SMILES string of the molecule is O=C(C[C@@H](C(=O)c1ccccc1)c1cccs1)c1ccc(Cl)cc1. The maximum Gasteiger partial charge on any atom is 0.171 e. The molecule has 0 spiro atoms. The average molecular weight is 355 g/mol. The molecule has 0 amide bonds. The summed E-state index contributed by atoms with van der Waals surface area (Å²) < 4.78 is 0. The van der Waals surface area contributed by atoms with Crippen LogP contribution in [0.2, 0.25) is 5.02 Å². The van der Waals surface area contributed by atoms with Crippen LogP contribution in [-0.4, -0.2) is 11.6 Å². The van der Waals surface area contributed by atoms with Gasteiger partial charge in [-0.05, 0) is 35.7 Å². The van der Waals surface area contributed by atoms with Gasteiger partial charge in [-0.25, -0.2) is 0 Å². The zero-order chi connectivity index (χ0) is 16.9. The number of rotatable bonds is 6. The highest BCUT2D eigenvalue weighted by Gasteiger charge is 2.26. The molecule has 2 nitrogen and oxygen atoms in total. The Morgan fingerprint density at radius 3 is 2.21 bits per heavy atom. The fourth-order valence-electron chi connectivity index (χ4n) is 2.55. The Balaban J connectivity index is 1.87. The van der Waals surface area contributed by atoms with Gasteiger partial charge in [0.2, 0.25) is 0 Å². The lowest BCUT2D eigenvalue weighted by Crippen LogP contribution is -2.16. The summed E-state index contributed by atoms with van der Waals surface area (Å²) in [6.07, 6.45) is 0.149. The molecular formula is C20H15ClO2S. The van der Waals surface area contributed by atoms with Crippen LogP contribution in [0.1, 0.15) is 37.9 Å². The molecule has 1 aromatic heterocycles. The average Bonchev–Trinajstić information content (AvgIpc) is 3.14. The highest BCUT2D eigenvalue weighted by Crippen LogP contribution is 2.29. The second-order valence-electron chi connectivity index (χ2n) is 5.43. The molecular weight excluding hydrogens is 340 g/mol. The predicted octanol–water partition coefficient (Wildman–Crippen LogP) is 5.64. The van der Waals surface area contributed by atoms with Crippen molar-refractivity contribution in [1.82, 2.24) is 0 Å². The van der Waals surface area contributed by atoms with Gasteiger partial charge < -0.3 is 0 Å². The van der Waals surface area contributed by atoms with Crippen molar-refractivity contribution in [2.24, 2.45) is 0 Å². The molecule has 0 aliphatic carbocycles. The minimum absolute atomic E-state index is 0.0274. The molecule has 0 aliphatic rings. The minimum atomic E-state index is -0.462. The number of carbonyl (C=O) groups is 2. The summed E-state index contributed by atoms with van der Waals surface area (Å²) in [6.45, 7) is 0. The summed E-state index contributed by atoms with van der Waals surface area (Å²) in [4.78, 5) is 26.4. The van der Waals surface area contributed by atoms with Gasteiger partial charge in [-0.3, -0.25) is 9.59 Å². The van der Waals surface area contributed by atoms with Crippen LogP contribution in [0.25, 0.3) is 0 Å². The maximum atomic E-state index is 12.9. The van der Waals surface area contributed by atoms with E-state index in [0.29, 0.717) is 16.1 Å². The lowest BCUT2D eigenvalue weighted by atomic mass is 9.89. The Bertz CT molecular complexity index is 824. The molecule has 24 heavy (non-hydrogen) atoms. The lowest BCUT2D eigenvalue weighted by molar-refractivity contribution is 0.0895. The molecule has 2 aromatic carbocycles. The first-order chi connectivity index (χ1) is 11.6. The standard InChI is InChI=1S/C20H15ClO2S/c21-16-10-8-14(9-11-16)18(22)13-17(19-7-4-12-24-19)20(23)15-5-2-1-3-6-15/h1-12,17H,13H2/t17-/m1/s1. The minimum Gasteiger partial charge on any atom is -0.294 e. The predicted molar refractivity (Wildman–Crippen MR) is 98.2 cm³/mol. The molecule has 3 aromatic rings. The van der Waals surface area contributed by atoms with Crippen LogP contribution in [0.5, 0.6) is 0 Å². The van der Waals surface area contributed by atoms with E-state index in [1.807, 2.05) is 35.7 Å². The number of halogens is 1. The van der Waals surface area contributed by atoms with E-state index >= 15 is 0 Å². The van der Waals surface area contributed by atoms with E-state index in [0.717, 1.165) is 4.88 Å². The third kappa shape index (κ3) is 3.81. The van der Waals surface area contributed by atoms with E-state index in [2.05, 4.69) is 0 Å². The molecule has 0 unspecified atom stereocenters. The monoisotopic (exact) mass is 354 g/mol. The zero-order valence-electron chi connectivity index (χ0n) is 12.8. The lowest BCUT2D eigenvalue weighted by Gasteiger charge is -2.14. The second-order valence-corrected chi connectivity index (χ2v) is 6.85. The zero-order valence-corrected chi connectivity index (χ0v) is 14.4. The van der Waals surface area contributed by atoms with Crippen LogP contribution in [-0.2, 0) is 0 Å². The molecule has 0 radical (unpaired) electrons. The summed E-state index contributed by atoms with van der Waals surface area (Å²) >= 11 is 7.37. The van der Waals surface area contributed by atoms with E-state index in [1.165, 1.54) is 11.3 Å². The number of ketones is 2. The Labute approximate surface area is 149 Å². The molecule has 0 fully saturated rings. The molecule has 120 valence electrons. The van der Waals surface area contributed by atoms with Crippen molar-refractivity contribution in [2.45, 2.75) is 12.3 Å². The van der Waals surface area contributed by atoms with Crippen molar-refractivity contribution in [1.29, 1.82) is 0 Å². The van der Waals surface area contributed by atoms with Gasteiger partial charge in [0.1, 0.15) is 0 Å². The number of Topliss-reactive ketones (excluding diaryl/α,β-unsaturated/α-hetero) is 2. The van der Waals surface area contributed by atoms with Crippen LogP contribution in [0, 0.1) is 0 Å². The quantitative estimate of drug-likeness (QED) is 0.537. The van der Waals surface area contributed by atoms with Gasteiger partial charge in [-0.15, -0.1) is 11.3 Å². The fraction of sp³-hybridized carbons (Fsp3) is 0.100. The largest absolute Gasteiger partial charge is 0.294 e. The molecule has 1 heterocycles. The highest BCUT2D eigenvalue weighted by molar-refractivity contribution is 7.10. The van der Waals surface area contributed by atoms with Crippen molar-refractivity contribution in [3.05, 3.63) is 93.1 Å². The molecule has 0 saturated heterocycles. The summed E-state index contributed by atoms with van der Waals surface area (Å²) in [7, 11) is 0. The van der Waals surface area contributed by atoms with Gasteiger partial charge in [0, 0.05) is 27.4 Å². The Morgan fingerprint density at radius 1 is 0.875 bits per heavy atom. The normalized spacial score (nSPS) is 11.9. The molecule has 0 aliphatic heterocycles. The number of hydrogen-bond donors (Lipinski definition) is 0. The van der Waals surface area contributed by atoms with E-state index < -0.39 is 5.92 Å². The van der Waals surface area contributed by atoms with Crippen molar-refractivity contribution >= 4 is 34.5 Å². The molecule has 0 saturated carbocycles. The third-order valence-electron chi connectivity index (χ3n) is 3.82. The first kappa shape index (κ1) is 16.6. The van der Waals surface area contributed by atoms with Gasteiger partial charge in [-0.1, -0.05) is 48.0 Å². The number of hydrogen-bond acceptors (Lipinski definition) is 3. The van der Waals surface area contributed by atoms with E-state index in [-0.39, 0.29) is 18.0 Å². The van der Waals surface area contributed by atoms with E-state index in [4.69, 9.17) is 11.6 Å². The summed E-state index contributed by atoms with van der Waals surface area (Å²) in [5, 5.41) is 2.51. The van der Waals surface area contributed by atoms with Crippen molar-refractivity contribution in [3.8, 4) is 0 Å². The van der Waals surface area contributed by atoms with Crippen LogP contribution in [0.3, 0.4) is 0 Å². The van der Waals surface area contributed by atoms with E-state index in [9.17, 15) is 9.59 Å². The Hall–Kier alpha value is -2.23. The van der Waals surface area contributed by atoms with Crippen molar-refractivity contribution < 1.29 is 9.59 Å². The molecule has 1 atom stereocenters. The molecule has 0 N–H and O–H groups in total. The van der Waals surface area contributed by atoms with E-state index in [1.54, 1.807) is 36.4 Å². The third-order valence-corrected chi connectivity index (χ3v) is 5.06. The first-order valence-electron chi connectivity index (χ1n) is 7.56. The van der Waals surface area contributed by atoms with Gasteiger partial charge in [0.25, 0.3) is 0 Å².